The fraction of sp³-hybridized carbons (Fsp3) is 0.588. The Morgan fingerprint density at radius 2 is 1.85 bits per heavy atom. The first-order valence-corrected chi connectivity index (χ1v) is 10.5. The summed E-state index contributed by atoms with van der Waals surface area (Å²) in [5.74, 6) is 0.846. The van der Waals surface area contributed by atoms with Crippen molar-refractivity contribution in [2.75, 3.05) is 49.6 Å². The van der Waals surface area contributed by atoms with Crippen LogP contribution in [0.2, 0.25) is 0 Å². The predicted octanol–water partition coefficient (Wildman–Crippen LogP) is 0.00920. The normalized spacial score (nSPS) is 22.3. The molecule has 1 unspecified atom stereocenters. The van der Waals surface area contributed by atoms with Crippen LogP contribution < -0.4 is 4.90 Å². The number of sulfone groups is 1. The first kappa shape index (κ1) is 18.6. The lowest BCUT2D eigenvalue weighted by Gasteiger charge is -2.34. The minimum atomic E-state index is -2.98. The fourth-order valence-electron chi connectivity index (χ4n) is 3.42. The van der Waals surface area contributed by atoms with Gasteiger partial charge in [-0.15, -0.1) is 0 Å². The summed E-state index contributed by atoms with van der Waals surface area (Å²) in [6, 6.07) is 3.27. The molecule has 0 spiro atoms. The van der Waals surface area contributed by atoms with E-state index in [0.29, 0.717) is 44.0 Å². The zero-order chi connectivity index (χ0) is 18.9. The zero-order valence-electron chi connectivity index (χ0n) is 15.1. The van der Waals surface area contributed by atoms with Gasteiger partial charge in [0.2, 0.25) is 5.91 Å². The topological polar surface area (TPSA) is 90.9 Å². The van der Waals surface area contributed by atoms with Crippen LogP contribution in [0.25, 0.3) is 0 Å². The van der Waals surface area contributed by atoms with Crippen molar-refractivity contribution in [2.24, 2.45) is 0 Å². The van der Waals surface area contributed by atoms with Gasteiger partial charge < -0.3 is 14.7 Å². The van der Waals surface area contributed by atoms with E-state index in [9.17, 15) is 18.0 Å². The third-order valence-electron chi connectivity index (χ3n) is 5.12. The molecule has 0 bridgehead atoms. The number of nitrogens with zero attached hydrogens (tertiary/aromatic N) is 4. The molecule has 0 N–H and O–H groups in total. The lowest BCUT2D eigenvalue weighted by molar-refractivity contribution is -0.130. The average Bonchev–Trinajstić information content (AvgIpc) is 3.00. The van der Waals surface area contributed by atoms with Crippen LogP contribution in [0, 0.1) is 0 Å². The van der Waals surface area contributed by atoms with Crippen molar-refractivity contribution in [3.63, 3.8) is 0 Å². The molecule has 2 aliphatic rings. The molecule has 0 aliphatic carbocycles. The van der Waals surface area contributed by atoms with E-state index in [1.807, 2.05) is 11.9 Å². The quantitative estimate of drug-likeness (QED) is 0.734. The van der Waals surface area contributed by atoms with Crippen molar-refractivity contribution in [2.45, 2.75) is 19.4 Å². The third-order valence-corrected chi connectivity index (χ3v) is 6.87. The highest BCUT2D eigenvalue weighted by Crippen LogP contribution is 2.22. The van der Waals surface area contributed by atoms with Crippen molar-refractivity contribution in [1.82, 2.24) is 14.8 Å². The largest absolute Gasteiger partial charge is 0.356 e. The Kier molecular flexibility index (Phi) is 5.17. The molecule has 3 heterocycles. The minimum Gasteiger partial charge on any atom is -0.356 e. The first-order valence-electron chi connectivity index (χ1n) is 8.71. The number of hydrogen-bond donors (Lipinski definition) is 0. The lowest BCUT2D eigenvalue weighted by Crippen LogP contribution is -2.50. The summed E-state index contributed by atoms with van der Waals surface area (Å²) in [6.07, 6.45) is 2.15. The highest BCUT2D eigenvalue weighted by molar-refractivity contribution is 7.91. The van der Waals surface area contributed by atoms with Crippen LogP contribution in [0.15, 0.2) is 18.3 Å². The minimum absolute atomic E-state index is 0.0245. The number of piperazine rings is 1. The van der Waals surface area contributed by atoms with Crippen LogP contribution in [0.4, 0.5) is 5.82 Å². The molecule has 1 aromatic heterocycles. The van der Waals surface area contributed by atoms with Gasteiger partial charge in [-0.3, -0.25) is 9.59 Å². The van der Waals surface area contributed by atoms with Gasteiger partial charge in [0.25, 0.3) is 5.91 Å². The summed E-state index contributed by atoms with van der Waals surface area (Å²) in [6.45, 7) is 3.63. The summed E-state index contributed by atoms with van der Waals surface area (Å²) in [4.78, 5) is 33.8. The summed E-state index contributed by atoms with van der Waals surface area (Å²) < 4.78 is 23.4. The van der Waals surface area contributed by atoms with Crippen molar-refractivity contribution in [3.8, 4) is 0 Å². The molecule has 3 rings (SSSR count). The molecule has 9 heteroatoms. The molecule has 142 valence electrons. The SMILES string of the molecule is CC(=O)N1CCN(C(=O)c2ccnc(N(C)C3CCS(=O)(=O)C3)c2)CC1. The van der Waals surface area contributed by atoms with Crippen molar-refractivity contribution >= 4 is 27.5 Å². The van der Waals surface area contributed by atoms with E-state index in [1.165, 1.54) is 6.92 Å². The predicted molar refractivity (Wildman–Crippen MR) is 97.9 cm³/mol. The highest BCUT2D eigenvalue weighted by Gasteiger charge is 2.31. The number of rotatable bonds is 3. The first-order chi connectivity index (χ1) is 12.3. The molecule has 2 fully saturated rings. The van der Waals surface area contributed by atoms with Gasteiger partial charge in [-0.05, 0) is 18.6 Å². The van der Waals surface area contributed by atoms with E-state index >= 15 is 0 Å². The average molecular weight is 380 g/mol. The molecule has 1 atom stereocenters. The molecule has 26 heavy (non-hydrogen) atoms. The standard InChI is InChI=1S/C17H24N4O4S/c1-13(22)20-6-8-21(9-7-20)17(23)14-3-5-18-16(11-14)19(2)15-4-10-26(24,25)12-15/h3,5,11,15H,4,6-10,12H2,1-2H3. The van der Waals surface area contributed by atoms with E-state index < -0.39 is 9.84 Å². The van der Waals surface area contributed by atoms with E-state index in [0.717, 1.165) is 0 Å². The molecule has 2 aliphatic heterocycles. The van der Waals surface area contributed by atoms with Gasteiger partial charge in [-0.1, -0.05) is 0 Å². The number of hydrogen-bond acceptors (Lipinski definition) is 6. The van der Waals surface area contributed by atoms with Crippen molar-refractivity contribution < 1.29 is 18.0 Å². The smallest absolute Gasteiger partial charge is 0.254 e. The van der Waals surface area contributed by atoms with Crippen LogP contribution >= 0.6 is 0 Å². The monoisotopic (exact) mass is 380 g/mol. The van der Waals surface area contributed by atoms with Crippen LogP contribution in [0.3, 0.4) is 0 Å². The van der Waals surface area contributed by atoms with E-state index in [-0.39, 0.29) is 29.4 Å². The van der Waals surface area contributed by atoms with Crippen LogP contribution in [0.5, 0.6) is 0 Å². The van der Waals surface area contributed by atoms with Gasteiger partial charge in [-0.2, -0.15) is 0 Å². The molecule has 2 saturated heterocycles. The Hall–Kier alpha value is -2.16. The van der Waals surface area contributed by atoms with Crippen LogP contribution in [-0.2, 0) is 14.6 Å². The number of carbonyl (C=O) groups excluding carboxylic acids is 2. The van der Waals surface area contributed by atoms with Gasteiger partial charge in [0.15, 0.2) is 9.84 Å². The molecule has 1 aromatic rings. The molecule has 8 nitrogen and oxygen atoms in total. The zero-order valence-corrected chi connectivity index (χ0v) is 15.9. The lowest BCUT2D eigenvalue weighted by atomic mass is 10.2. The van der Waals surface area contributed by atoms with Crippen LogP contribution in [0.1, 0.15) is 23.7 Å². The Labute approximate surface area is 153 Å². The molecule has 0 radical (unpaired) electrons. The molecule has 2 amide bonds. The van der Waals surface area contributed by atoms with Gasteiger partial charge in [0.05, 0.1) is 11.5 Å². The number of carbonyl (C=O) groups is 2. The molecule has 0 saturated carbocycles. The van der Waals surface area contributed by atoms with Gasteiger partial charge in [-0.25, -0.2) is 13.4 Å². The summed E-state index contributed by atoms with van der Waals surface area (Å²) >= 11 is 0. The third kappa shape index (κ3) is 3.98. The maximum Gasteiger partial charge on any atom is 0.254 e. The van der Waals surface area contributed by atoms with E-state index in [1.54, 1.807) is 28.1 Å². The summed E-state index contributed by atoms with van der Waals surface area (Å²) in [5.41, 5.74) is 0.527. The second-order valence-corrected chi connectivity index (χ2v) is 9.10. The van der Waals surface area contributed by atoms with Crippen LogP contribution in [-0.4, -0.2) is 85.8 Å². The Balaban J connectivity index is 1.69. The second-order valence-electron chi connectivity index (χ2n) is 6.87. The number of anilines is 1. The number of aromatic nitrogens is 1. The van der Waals surface area contributed by atoms with Crippen molar-refractivity contribution in [3.05, 3.63) is 23.9 Å². The maximum atomic E-state index is 12.8. The Morgan fingerprint density at radius 1 is 1.19 bits per heavy atom. The fourth-order valence-corrected chi connectivity index (χ4v) is 5.19. The van der Waals surface area contributed by atoms with Crippen molar-refractivity contribution in [1.29, 1.82) is 0 Å². The molecule has 0 aromatic carbocycles. The highest BCUT2D eigenvalue weighted by atomic mass is 32.2. The maximum absolute atomic E-state index is 12.8. The van der Waals surface area contributed by atoms with Gasteiger partial charge in [0.1, 0.15) is 5.82 Å². The number of amides is 2. The summed E-state index contributed by atoms with van der Waals surface area (Å²) in [7, 11) is -1.17. The summed E-state index contributed by atoms with van der Waals surface area (Å²) in [5, 5.41) is 0. The van der Waals surface area contributed by atoms with Gasteiger partial charge in [0, 0.05) is 58.0 Å². The Morgan fingerprint density at radius 3 is 2.42 bits per heavy atom. The van der Waals surface area contributed by atoms with Gasteiger partial charge >= 0.3 is 0 Å². The van der Waals surface area contributed by atoms with E-state index in [2.05, 4.69) is 4.98 Å². The molecular formula is C17H24N4O4S. The second kappa shape index (κ2) is 7.22. The number of pyridine rings is 1. The molecular weight excluding hydrogens is 356 g/mol. The Bertz CT molecular complexity index is 803. The van der Waals surface area contributed by atoms with E-state index in [4.69, 9.17) is 0 Å².